The smallest absolute Gasteiger partial charge is 0.257 e. The van der Waals surface area contributed by atoms with E-state index in [9.17, 15) is 0 Å². The van der Waals surface area contributed by atoms with Gasteiger partial charge in [0.1, 0.15) is 11.9 Å². The van der Waals surface area contributed by atoms with Crippen LogP contribution in [0, 0.1) is 0 Å². The van der Waals surface area contributed by atoms with Gasteiger partial charge >= 0.3 is 0 Å². The predicted molar refractivity (Wildman–Crippen MR) is 129 cm³/mol. The topological polar surface area (TPSA) is 63.2 Å². The lowest BCUT2D eigenvalue weighted by atomic mass is 9.97. The molecule has 0 unspecified atom stereocenters. The highest BCUT2D eigenvalue weighted by Crippen LogP contribution is 2.38. The van der Waals surface area contributed by atoms with Crippen LogP contribution in [0.2, 0.25) is 0 Å². The monoisotopic (exact) mass is 425 g/mol. The summed E-state index contributed by atoms with van der Waals surface area (Å²) in [5, 5.41) is 3.21. The fourth-order valence-corrected chi connectivity index (χ4v) is 4.06. The molecule has 0 radical (unpaired) electrons. The lowest BCUT2D eigenvalue weighted by molar-refractivity contribution is 0.185. The van der Waals surface area contributed by atoms with Crippen molar-refractivity contribution in [2.75, 3.05) is 30.4 Å². The van der Waals surface area contributed by atoms with Gasteiger partial charge in [0.2, 0.25) is 0 Å². The van der Waals surface area contributed by atoms with Crippen LogP contribution < -0.4 is 15.0 Å². The molecule has 0 aliphatic carbocycles. The molecule has 1 aliphatic heterocycles. The third-order valence-electron chi connectivity index (χ3n) is 6.15. The molecule has 0 atom stereocenters. The molecule has 3 rings (SSSR count). The zero-order chi connectivity index (χ0) is 22.5. The van der Waals surface area contributed by atoms with Gasteiger partial charge in [-0.2, -0.15) is 0 Å². The van der Waals surface area contributed by atoms with E-state index in [1.165, 1.54) is 17.7 Å². The molecule has 0 spiro atoms. The van der Waals surface area contributed by atoms with Gasteiger partial charge in [0, 0.05) is 31.4 Å². The zero-order valence-electron chi connectivity index (χ0n) is 20.4. The van der Waals surface area contributed by atoms with Gasteiger partial charge in [-0.1, -0.05) is 41.5 Å². The number of hydrogen-bond donors (Lipinski definition) is 1. The van der Waals surface area contributed by atoms with Gasteiger partial charge in [0.25, 0.3) is 5.88 Å². The van der Waals surface area contributed by atoms with E-state index in [2.05, 4.69) is 57.8 Å². The van der Waals surface area contributed by atoms with E-state index in [0.717, 1.165) is 61.5 Å². The number of anilines is 2. The molecule has 3 heterocycles. The minimum atomic E-state index is 0.146. The van der Waals surface area contributed by atoms with Crippen molar-refractivity contribution < 1.29 is 4.74 Å². The van der Waals surface area contributed by atoms with Crippen LogP contribution >= 0.6 is 0 Å². The highest BCUT2D eigenvalue weighted by atomic mass is 16.5. The summed E-state index contributed by atoms with van der Waals surface area (Å²) in [5.41, 5.74) is 5.46. The van der Waals surface area contributed by atoms with Crippen molar-refractivity contribution in [2.45, 2.75) is 85.7 Å². The Balaban J connectivity index is 2.18. The number of rotatable bonds is 10. The largest absolute Gasteiger partial charge is 0.472 e. The Morgan fingerprint density at radius 2 is 1.74 bits per heavy atom. The Morgan fingerprint density at radius 3 is 2.23 bits per heavy atom. The molecule has 0 saturated carbocycles. The summed E-state index contributed by atoms with van der Waals surface area (Å²) < 4.78 is 6.21. The standard InChI is InChI=1S/C25H39N5O/c1-8-17-15-19(24(30-13-12-14-30)29-21(17)16(5)6)22-20(11-4)27-25(23(26-7)28-22)31-18(9-2)10-3/h15-16,18H,8-14H2,1-7H3,(H,26,28). The minimum absolute atomic E-state index is 0.146. The molecule has 170 valence electrons. The second-order valence-electron chi connectivity index (χ2n) is 8.59. The van der Waals surface area contributed by atoms with Gasteiger partial charge < -0.3 is 15.0 Å². The molecule has 1 aliphatic rings. The summed E-state index contributed by atoms with van der Waals surface area (Å²) in [6.07, 6.45) is 5.00. The maximum atomic E-state index is 6.21. The average Bonchev–Trinajstić information content (AvgIpc) is 2.75. The predicted octanol–water partition coefficient (Wildman–Crippen LogP) is 5.61. The summed E-state index contributed by atoms with van der Waals surface area (Å²) in [5.74, 6) is 2.74. The maximum Gasteiger partial charge on any atom is 0.257 e. The van der Waals surface area contributed by atoms with Gasteiger partial charge in [0.05, 0.1) is 11.4 Å². The van der Waals surface area contributed by atoms with Gasteiger partial charge in [-0.05, 0) is 49.7 Å². The van der Waals surface area contributed by atoms with E-state index in [1.54, 1.807) is 0 Å². The summed E-state index contributed by atoms with van der Waals surface area (Å²) in [7, 11) is 1.88. The van der Waals surface area contributed by atoms with Gasteiger partial charge in [-0.25, -0.2) is 15.0 Å². The van der Waals surface area contributed by atoms with Crippen molar-refractivity contribution >= 4 is 11.6 Å². The molecular weight excluding hydrogens is 386 g/mol. The van der Waals surface area contributed by atoms with E-state index < -0.39 is 0 Å². The van der Waals surface area contributed by atoms with E-state index in [1.807, 2.05) is 7.05 Å². The van der Waals surface area contributed by atoms with Crippen LogP contribution in [0.4, 0.5) is 11.6 Å². The van der Waals surface area contributed by atoms with Crippen molar-refractivity contribution in [3.8, 4) is 17.1 Å². The van der Waals surface area contributed by atoms with E-state index >= 15 is 0 Å². The van der Waals surface area contributed by atoms with Crippen LogP contribution in [0.3, 0.4) is 0 Å². The molecule has 1 N–H and O–H groups in total. The molecule has 0 bridgehead atoms. The quantitative estimate of drug-likeness (QED) is 0.534. The lowest BCUT2D eigenvalue weighted by Crippen LogP contribution is -2.38. The van der Waals surface area contributed by atoms with Crippen LogP contribution in [0.5, 0.6) is 5.88 Å². The Bertz CT molecular complexity index is 888. The number of nitrogens with one attached hydrogen (secondary N) is 1. The number of aromatic nitrogens is 3. The Hall–Kier alpha value is -2.37. The zero-order valence-corrected chi connectivity index (χ0v) is 20.4. The van der Waals surface area contributed by atoms with Crippen molar-refractivity contribution in [2.24, 2.45) is 0 Å². The van der Waals surface area contributed by atoms with Crippen LogP contribution in [0.15, 0.2) is 6.07 Å². The van der Waals surface area contributed by atoms with Crippen molar-refractivity contribution in [1.82, 2.24) is 15.0 Å². The number of aryl methyl sites for hydroxylation is 2. The first kappa shape index (κ1) is 23.3. The lowest BCUT2D eigenvalue weighted by Gasteiger charge is -2.34. The van der Waals surface area contributed by atoms with Crippen LogP contribution in [-0.2, 0) is 12.8 Å². The minimum Gasteiger partial charge on any atom is -0.472 e. The Kier molecular flexibility index (Phi) is 7.74. The molecule has 2 aromatic heterocycles. The fourth-order valence-electron chi connectivity index (χ4n) is 4.06. The molecule has 0 amide bonds. The van der Waals surface area contributed by atoms with Gasteiger partial charge in [0.15, 0.2) is 5.82 Å². The molecule has 1 fully saturated rings. The average molecular weight is 426 g/mol. The van der Waals surface area contributed by atoms with Crippen LogP contribution in [0.1, 0.15) is 83.7 Å². The molecule has 0 aromatic carbocycles. The molecule has 31 heavy (non-hydrogen) atoms. The Labute approximate surface area is 187 Å². The maximum absolute atomic E-state index is 6.21. The van der Waals surface area contributed by atoms with E-state index in [4.69, 9.17) is 19.7 Å². The van der Waals surface area contributed by atoms with Crippen LogP contribution in [0.25, 0.3) is 11.3 Å². The summed E-state index contributed by atoms with van der Waals surface area (Å²) >= 11 is 0. The highest BCUT2D eigenvalue weighted by molar-refractivity contribution is 5.78. The highest BCUT2D eigenvalue weighted by Gasteiger charge is 2.26. The number of pyridine rings is 1. The molecule has 2 aromatic rings. The fraction of sp³-hybridized carbons (Fsp3) is 0.640. The molecular formula is C25H39N5O. The van der Waals surface area contributed by atoms with E-state index in [-0.39, 0.29) is 6.10 Å². The SMILES string of the molecule is CCc1cc(-c2nc(NC)c(OC(CC)CC)nc2CC)c(N2CCC2)nc1C(C)C. The third kappa shape index (κ3) is 4.78. The van der Waals surface area contributed by atoms with E-state index in [0.29, 0.717) is 17.6 Å². The molecule has 1 saturated heterocycles. The van der Waals surface area contributed by atoms with Crippen molar-refractivity contribution in [3.05, 3.63) is 23.0 Å². The summed E-state index contributed by atoms with van der Waals surface area (Å²) in [6, 6.07) is 2.31. The van der Waals surface area contributed by atoms with Crippen molar-refractivity contribution in [1.29, 1.82) is 0 Å². The number of ether oxygens (including phenoxy) is 1. The molecule has 6 nitrogen and oxygen atoms in total. The first-order valence-electron chi connectivity index (χ1n) is 12.0. The normalized spacial score (nSPS) is 13.6. The second kappa shape index (κ2) is 10.3. The second-order valence-corrected chi connectivity index (χ2v) is 8.59. The van der Waals surface area contributed by atoms with Gasteiger partial charge in [-0.3, -0.25) is 0 Å². The summed E-state index contributed by atoms with van der Waals surface area (Å²) in [6.45, 7) is 15.2. The van der Waals surface area contributed by atoms with Crippen LogP contribution in [-0.4, -0.2) is 41.2 Å². The first-order valence-corrected chi connectivity index (χ1v) is 12.0. The number of nitrogens with zero attached hydrogens (tertiary/aromatic N) is 4. The first-order chi connectivity index (χ1) is 15.0. The van der Waals surface area contributed by atoms with Crippen molar-refractivity contribution in [3.63, 3.8) is 0 Å². The number of hydrogen-bond acceptors (Lipinski definition) is 6. The molecule has 6 heteroatoms. The Morgan fingerprint density at radius 1 is 1.03 bits per heavy atom. The summed E-state index contributed by atoms with van der Waals surface area (Å²) in [4.78, 5) is 17.5. The third-order valence-corrected chi connectivity index (χ3v) is 6.15. The van der Waals surface area contributed by atoms with Gasteiger partial charge in [-0.15, -0.1) is 0 Å².